The van der Waals surface area contributed by atoms with Crippen LogP contribution in [-0.2, 0) is 11.3 Å². The van der Waals surface area contributed by atoms with E-state index in [9.17, 15) is 5.11 Å². The smallest absolute Gasteiger partial charge is 0.0717 e. The molecule has 0 radical (unpaired) electrons. The summed E-state index contributed by atoms with van der Waals surface area (Å²) in [6, 6.07) is 30.1. The van der Waals surface area contributed by atoms with E-state index in [0.717, 1.165) is 16.7 Å². The Bertz CT molecular complexity index is 910. The summed E-state index contributed by atoms with van der Waals surface area (Å²) in [6.07, 6.45) is 6.17. The van der Waals surface area contributed by atoms with Gasteiger partial charge in [0.1, 0.15) is 0 Å². The molecule has 0 fully saturated rings. The molecule has 0 aliphatic heterocycles. The van der Waals surface area contributed by atoms with Gasteiger partial charge in [0.15, 0.2) is 0 Å². The van der Waals surface area contributed by atoms with Crippen LogP contribution in [0.2, 0.25) is 0 Å². The van der Waals surface area contributed by atoms with E-state index in [4.69, 9.17) is 4.74 Å². The molecule has 2 N–H and O–H groups in total. The van der Waals surface area contributed by atoms with Crippen LogP contribution >= 0.6 is 0 Å². The molecule has 0 unspecified atom stereocenters. The van der Waals surface area contributed by atoms with Gasteiger partial charge < -0.3 is 15.2 Å². The van der Waals surface area contributed by atoms with Gasteiger partial charge >= 0.3 is 0 Å². The standard InChI is InChI=1S/C28H31NO2/c1-2-25(22-31-21-24-14-8-4-9-15-24)27(19-18-23-12-6-3-7-13-23)29-28(20-30)26-16-10-5-11-17-26/h2-19,25,27-30H,1,20-22H2/b19-18+/t25-,27+,28+/m1/s1. The van der Waals surface area contributed by atoms with Gasteiger partial charge in [0, 0.05) is 12.0 Å². The van der Waals surface area contributed by atoms with Crippen molar-refractivity contribution in [2.24, 2.45) is 5.92 Å². The zero-order chi connectivity index (χ0) is 21.7. The Balaban J connectivity index is 1.73. The lowest BCUT2D eigenvalue weighted by molar-refractivity contribution is 0.0900. The van der Waals surface area contributed by atoms with Crippen LogP contribution in [0.1, 0.15) is 22.7 Å². The Hall–Kier alpha value is -2.98. The van der Waals surface area contributed by atoms with Crippen LogP contribution in [0.4, 0.5) is 0 Å². The van der Waals surface area contributed by atoms with Gasteiger partial charge in [-0.05, 0) is 16.7 Å². The van der Waals surface area contributed by atoms with Crippen molar-refractivity contribution in [1.82, 2.24) is 5.32 Å². The lowest BCUT2D eigenvalue weighted by Crippen LogP contribution is -2.39. The third-order valence-electron chi connectivity index (χ3n) is 5.26. The Morgan fingerprint density at radius 1 is 0.871 bits per heavy atom. The molecule has 3 aromatic carbocycles. The molecule has 0 amide bonds. The first-order valence-electron chi connectivity index (χ1n) is 10.7. The van der Waals surface area contributed by atoms with Crippen molar-refractivity contribution in [2.75, 3.05) is 13.2 Å². The molecule has 0 aliphatic carbocycles. The summed E-state index contributed by atoms with van der Waals surface area (Å²) >= 11 is 0. The summed E-state index contributed by atoms with van der Waals surface area (Å²) in [7, 11) is 0. The Kier molecular flexibility index (Phi) is 9.27. The number of hydrogen-bond donors (Lipinski definition) is 2. The summed E-state index contributed by atoms with van der Waals surface area (Å²) in [4.78, 5) is 0. The van der Waals surface area contributed by atoms with Crippen molar-refractivity contribution in [1.29, 1.82) is 0 Å². The van der Waals surface area contributed by atoms with E-state index in [0.29, 0.717) is 13.2 Å². The van der Waals surface area contributed by atoms with Gasteiger partial charge in [0.2, 0.25) is 0 Å². The fourth-order valence-corrected chi connectivity index (χ4v) is 3.48. The first-order valence-corrected chi connectivity index (χ1v) is 10.7. The van der Waals surface area contributed by atoms with Crippen LogP contribution in [0.15, 0.2) is 110 Å². The third kappa shape index (κ3) is 7.34. The molecule has 0 bridgehead atoms. The van der Waals surface area contributed by atoms with Gasteiger partial charge in [0.05, 0.1) is 25.9 Å². The molecule has 3 rings (SSSR count). The number of rotatable bonds is 12. The highest BCUT2D eigenvalue weighted by molar-refractivity contribution is 5.49. The fraction of sp³-hybridized carbons (Fsp3) is 0.214. The largest absolute Gasteiger partial charge is 0.394 e. The molecule has 3 nitrogen and oxygen atoms in total. The average molecular weight is 414 g/mol. The van der Waals surface area contributed by atoms with Crippen molar-refractivity contribution in [2.45, 2.75) is 18.7 Å². The van der Waals surface area contributed by atoms with E-state index in [-0.39, 0.29) is 24.6 Å². The van der Waals surface area contributed by atoms with Crippen LogP contribution in [0.3, 0.4) is 0 Å². The van der Waals surface area contributed by atoms with Crippen molar-refractivity contribution >= 4 is 6.08 Å². The molecule has 0 aliphatic rings. The maximum Gasteiger partial charge on any atom is 0.0717 e. The molecule has 3 heteroatoms. The second-order valence-corrected chi connectivity index (χ2v) is 7.51. The number of aliphatic hydroxyl groups excluding tert-OH is 1. The SMILES string of the molecule is C=C[C@H](COCc1ccccc1)[C@H](/C=C/c1ccccc1)N[C@@H](CO)c1ccccc1. The van der Waals surface area contributed by atoms with Gasteiger partial charge in [-0.15, -0.1) is 6.58 Å². The minimum atomic E-state index is -0.178. The lowest BCUT2D eigenvalue weighted by atomic mass is 9.96. The fourth-order valence-electron chi connectivity index (χ4n) is 3.48. The molecule has 0 saturated heterocycles. The van der Waals surface area contributed by atoms with E-state index in [1.54, 1.807) is 0 Å². The molecule has 0 heterocycles. The van der Waals surface area contributed by atoms with E-state index in [1.807, 2.05) is 72.8 Å². The first kappa shape index (κ1) is 22.7. The van der Waals surface area contributed by atoms with Gasteiger partial charge in [-0.2, -0.15) is 0 Å². The zero-order valence-corrected chi connectivity index (χ0v) is 17.8. The average Bonchev–Trinajstić information content (AvgIpc) is 2.84. The van der Waals surface area contributed by atoms with E-state index in [2.05, 4.69) is 48.3 Å². The molecule has 0 aromatic heterocycles. The number of ether oxygens (including phenoxy) is 1. The Morgan fingerprint density at radius 3 is 2.10 bits per heavy atom. The van der Waals surface area contributed by atoms with Crippen LogP contribution in [-0.4, -0.2) is 24.4 Å². The highest BCUT2D eigenvalue weighted by Crippen LogP contribution is 2.18. The van der Waals surface area contributed by atoms with Crippen molar-refractivity contribution in [3.05, 3.63) is 126 Å². The quantitative estimate of drug-likeness (QED) is 0.390. The molecule has 0 spiro atoms. The summed E-state index contributed by atoms with van der Waals surface area (Å²) < 4.78 is 6.02. The Labute approximate surface area is 185 Å². The predicted octanol–water partition coefficient (Wildman–Crippen LogP) is 5.41. The van der Waals surface area contributed by atoms with Gasteiger partial charge in [-0.25, -0.2) is 0 Å². The number of benzene rings is 3. The highest BCUT2D eigenvalue weighted by atomic mass is 16.5. The van der Waals surface area contributed by atoms with Crippen molar-refractivity contribution in [3.63, 3.8) is 0 Å². The predicted molar refractivity (Wildman–Crippen MR) is 128 cm³/mol. The second kappa shape index (κ2) is 12.7. The van der Waals surface area contributed by atoms with E-state index < -0.39 is 0 Å². The van der Waals surface area contributed by atoms with Gasteiger partial charge in [-0.1, -0.05) is 109 Å². The number of nitrogens with one attached hydrogen (secondary N) is 1. The van der Waals surface area contributed by atoms with E-state index in [1.165, 1.54) is 0 Å². The third-order valence-corrected chi connectivity index (χ3v) is 5.26. The lowest BCUT2D eigenvalue weighted by Gasteiger charge is -2.28. The van der Waals surface area contributed by atoms with Gasteiger partial charge in [0.25, 0.3) is 0 Å². The molecule has 3 aromatic rings. The maximum atomic E-state index is 10.0. The molecule has 0 saturated carbocycles. The summed E-state index contributed by atoms with van der Waals surface area (Å²) in [5.74, 6) is 0.0430. The number of aliphatic hydroxyl groups is 1. The minimum absolute atomic E-state index is 0.00836. The molecule has 3 atom stereocenters. The molecular weight excluding hydrogens is 382 g/mol. The second-order valence-electron chi connectivity index (χ2n) is 7.51. The maximum absolute atomic E-state index is 10.0. The van der Waals surface area contributed by atoms with Crippen molar-refractivity contribution in [3.8, 4) is 0 Å². The van der Waals surface area contributed by atoms with Gasteiger partial charge in [-0.3, -0.25) is 0 Å². The number of hydrogen-bond acceptors (Lipinski definition) is 3. The minimum Gasteiger partial charge on any atom is -0.394 e. The summed E-state index contributed by atoms with van der Waals surface area (Å²) in [5, 5.41) is 13.7. The topological polar surface area (TPSA) is 41.5 Å². The summed E-state index contributed by atoms with van der Waals surface area (Å²) in [6.45, 7) is 5.15. The monoisotopic (exact) mass is 413 g/mol. The molecule has 160 valence electrons. The van der Waals surface area contributed by atoms with E-state index >= 15 is 0 Å². The van der Waals surface area contributed by atoms with Crippen molar-refractivity contribution < 1.29 is 9.84 Å². The van der Waals surface area contributed by atoms with Crippen LogP contribution in [0.25, 0.3) is 6.08 Å². The van der Waals surface area contributed by atoms with Crippen LogP contribution < -0.4 is 5.32 Å². The first-order chi connectivity index (χ1) is 15.3. The normalized spacial score (nSPS) is 14.2. The summed E-state index contributed by atoms with van der Waals surface area (Å²) in [5.41, 5.74) is 3.32. The van der Waals surface area contributed by atoms with Crippen LogP contribution in [0, 0.1) is 5.92 Å². The van der Waals surface area contributed by atoms with Crippen LogP contribution in [0.5, 0.6) is 0 Å². The molecule has 31 heavy (non-hydrogen) atoms. The zero-order valence-electron chi connectivity index (χ0n) is 17.8. The highest BCUT2D eigenvalue weighted by Gasteiger charge is 2.21. The molecular formula is C28H31NO2. The Morgan fingerprint density at radius 2 is 1.48 bits per heavy atom.